The second-order valence-corrected chi connectivity index (χ2v) is 5.39. The average molecular weight is 247 g/mol. The van der Waals surface area contributed by atoms with E-state index in [1.807, 2.05) is 26.8 Å². The van der Waals surface area contributed by atoms with Crippen LogP contribution >= 0.6 is 0 Å². The lowest BCUT2D eigenvalue weighted by Crippen LogP contribution is -2.35. The Morgan fingerprint density at radius 1 is 1.39 bits per heavy atom. The Kier molecular flexibility index (Phi) is 3.11. The van der Waals surface area contributed by atoms with Crippen molar-refractivity contribution in [3.05, 3.63) is 29.3 Å². The minimum Gasteiger partial charge on any atom is -0.443 e. The van der Waals surface area contributed by atoms with E-state index in [4.69, 9.17) is 4.74 Å². The van der Waals surface area contributed by atoms with E-state index in [-0.39, 0.29) is 6.09 Å². The third kappa shape index (κ3) is 2.53. The van der Waals surface area contributed by atoms with Crippen molar-refractivity contribution in [2.45, 2.75) is 32.8 Å². The predicted molar refractivity (Wildman–Crippen MR) is 69.1 cm³/mol. The van der Waals surface area contributed by atoms with Gasteiger partial charge in [-0.25, -0.2) is 4.79 Å². The van der Waals surface area contributed by atoms with Crippen molar-refractivity contribution in [2.24, 2.45) is 0 Å². The van der Waals surface area contributed by atoms with Gasteiger partial charge in [0, 0.05) is 12.1 Å². The van der Waals surface area contributed by atoms with E-state index in [2.05, 4.69) is 0 Å². The lowest BCUT2D eigenvalue weighted by molar-refractivity contribution is 0.0584. The number of benzene rings is 1. The zero-order chi connectivity index (χ0) is 13.3. The Hall–Kier alpha value is -1.84. The van der Waals surface area contributed by atoms with Crippen molar-refractivity contribution in [1.82, 2.24) is 0 Å². The fraction of sp³-hybridized carbons (Fsp3) is 0.429. The van der Waals surface area contributed by atoms with Crippen LogP contribution in [0.4, 0.5) is 10.5 Å². The smallest absolute Gasteiger partial charge is 0.414 e. The van der Waals surface area contributed by atoms with E-state index in [0.717, 1.165) is 24.0 Å². The van der Waals surface area contributed by atoms with Crippen molar-refractivity contribution in [2.75, 3.05) is 11.4 Å². The number of nitrogens with zero attached hydrogens (tertiary/aromatic N) is 1. The van der Waals surface area contributed by atoms with E-state index in [1.165, 1.54) is 0 Å². The molecule has 18 heavy (non-hydrogen) atoms. The van der Waals surface area contributed by atoms with Gasteiger partial charge >= 0.3 is 6.09 Å². The molecule has 1 amide bonds. The molecule has 2 rings (SSSR count). The number of fused-ring (bicyclic) bond motifs is 1. The van der Waals surface area contributed by atoms with Crippen LogP contribution < -0.4 is 4.90 Å². The molecule has 0 fully saturated rings. The number of anilines is 1. The predicted octanol–water partition coefficient (Wildman–Crippen LogP) is 2.80. The number of hydrogen-bond acceptors (Lipinski definition) is 3. The molecule has 0 saturated heterocycles. The van der Waals surface area contributed by atoms with Crippen LogP contribution in [0.5, 0.6) is 0 Å². The molecule has 1 aromatic carbocycles. The van der Waals surface area contributed by atoms with Crippen LogP contribution in [0.2, 0.25) is 0 Å². The molecule has 0 saturated carbocycles. The van der Waals surface area contributed by atoms with Gasteiger partial charge in [-0.05, 0) is 51.0 Å². The maximum absolute atomic E-state index is 12.0. The first-order valence-electron chi connectivity index (χ1n) is 5.99. The fourth-order valence-corrected chi connectivity index (χ4v) is 2.00. The topological polar surface area (TPSA) is 46.6 Å². The number of rotatable bonds is 1. The lowest BCUT2D eigenvalue weighted by Gasteiger charge is -2.24. The van der Waals surface area contributed by atoms with Gasteiger partial charge in [-0.2, -0.15) is 0 Å². The summed E-state index contributed by atoms with van der Waals surface area (Å²) in [6.45, 7) is 6.14. The SMILES string of the molecule is CC(C)(C)OC(=O)N1CCc2cc(C=O)ccc21. The molecule has 0 atom stereocenters. The highest BCUT2D eigenvalue weighted by molar-refractivity contribution is 5.91. The molecule has 1 aromatic rings. The van der Waals surface area contributed by atoms with Crippen molar-refractivity contribution in [1.29, 1.82) is 0 Å². The molecule has 1 heterocycles. The Morgan fingerprint density at radius 2 is 2.11 bits per heavy atom. The average Bonchev–Trinajstić information content (AvgIpc) is 2.69. The first-order valence-corrected chi connectivity index (χ1v) is 5.99. The van der Waals surface area contributed by atoms with Gasteiger partial charge in [-0.1, -0.05) is 0 Å². The minimum atomic E-state index is -0.497. The fourth-order valence-electron chi connectivity index (χ4n) is 2.00. The number of ether oxygens (including phenoxy) is 1. The highest BCUT2D eigenvalue weighted by Gasteiger charge is 2.28. The third-order valence-electron chi connectivity index (χ3n) is 2.75. The molecule has 4 nitrogen and oxygen atoms in total. The first kappa shape index (κ1) is 12.6. The van der Waals surface area contributed by atoms with Gasteiger partial charge in [0.05, 0.1) is 5.69 Å². The third-order valence-corrected chi connectivity index (χ3v) is 2.75. The molecular weight excluding hydrogens is 230 g/mol. The summed E-state index contributed by atoms with van der Waals surface area (Å²) in [7, 11) is 0. The largest absolute Gasteiger partial charge is 0.443 e. The van der Waals surface area contributed by atoms with E-state index >= 15 is 0 Å². The maximum Gasteiger partial charge on any atom is 0.414 e. The molecule has 0 N–H and O–H groups in total. The summed E-state index contributed by atoms with van der Waals surface area (Å²) >= 11 is 0. The molecule has 96 valence electrons. The van der Waals surface area contributed by atoms with Gasteiger partial charge in [0.25, 0.3) is 0 Å². The van der Waals surface area contributed by atoms with E-state index < -0.39 is 5.60 Å². The van der Waals surface area contributed by atoms with Crippen LogP contribution in [0.3, 0.4) is 0 Å². The van der Waals surface area contributed by atoms with E-state index in [0.29, 0.717) is 12.1 Å². The summed E-state index contributed by atoms with van der Waals surface area (Å²) in [6.07, 6.45) is 1.24. The summed E-state index contributed by atoms with van der Waals surface area (Å²) in [4.78, 5) is 24.3. The first-order chi connectivity index (χ1) is 8.40. The summed E-state index contributed by atoms with van der Waals surface area (Å²) in [5, 5.41) is 0. The van der Waals surface area contributed by atoms with Crippen LogP contribution in [0, 0.1) is 0 Å². The number of carbonyl (C=O) groups excluding carboxylic acids is 2. The van der Waals surface area contributed by atoms with Gasteiger partial charge in [0.1, 0.15) is 11.9 Å². The number of carbonyl (C=O) groups is 2. The van der Waals surface area contributed by atoms with Crippen molar-refractivity contribution < 1.29 is 14.3 Å². The Morgan fingerprint density at radius 3 is 2.72 bits per heavy atom. The van der Waals surface area contributed by atoms with Gasteiger partial charge in [-0.3, -0.25) is 9.69 Å². The molecule has 0 unspecified atom stereocenters. The molecule has 0 bridgehead atoms. The molecular formula is C14H17NO3. The molecule has 0 radical (unpaired) electrons. The number of aldehydes is 1. The monoisotopic (exact) mass is 247 g/mol. The van der Waals surface area contributed by atoms with Crippen LogP contribution in [0.25, 0.3) is 0 Å². The molecule has 0 spiro atoms. The molecule has 4 heteroatoms. The van der Waals surface area contributed by atoms with Gasteiger partial charge < -0.3 is 4.74 Å². The lowest BCUT2D eigenvalue weighted by atomic mass is 10.1. The summed E-state index contributed by atoms with van der Waals surface area (Å²) in [6, 6.07) is 5.34. The number of hydrogen-bond donors (Lipinski definition) is 0. The van der Waals surface area contributed by atoms with Crippen molar-refractivity contribution >= 4 is 18.1 Å². The Labute approximate surface area is 107 Å². The minimum absolute atomic E-state index is 0.333. The van der Waals surface area contributed by atoms with Gasteiger partial charge in [0.2, 0.25) is 0 Å². The quantitative estimate of drug-likeness (QED) is 0.717. The number of amides is 1. The molecule has 0 aliphatic carbocycles. The standard InChI is InChI=1S/C14H17NO3/c1-14(2,3)18-13(17)15-7-6-11-8-10(9-16)4-5-12(11)15/h4-5,8-9H,6-7H2,1-3H3. The highest BCUT2D eigenvalue weighted by Crippen LogP contribution is 2.29. The zero-order valence-corrected chi connectivity index (χ0v) is 10.9. The Balaban J connectivity index is 2.21. The normalized spacial score (nSPS) is 14.3. The van der Waals surface area contributed by atoms with E-state index in [9.17, 15) is 9.59 Å². The van der Waals surface area contributed by atoms with Crippen LogP contribution in [0.15, 0.2) is 18.2 Å². The zero-order valence-electron chi connectivity index (χ0n) is 10.9. The maximum atomic E-state index is 12.0. The van der Waals surface area contributed by atoms with Gasteiger partial charge in [0.15, 0.2) is 0 Å². The van der Waals surface area contributed by atoms with E-state index in [1.54, 1.807) is 17.0 Å². The van der Waals surface area contributed by atoms with Gasteiger partial charge in [-0.15, -0.1) is 0 Å². The highest BCUT2D eigenvalue weighted by atomic mass is 16.6. The van der Waals surface area contributed by atoms with Crippen LogP contribution in [-0.2, 0) is 11.2 Å². The molecule has 1 aliphatic rings. The summed E-state index contributed by atoms with van der Waals surface area (Å²) in [5.74, 6) is 0. The Bertz CT molecular complexity index is 488. The van der Waals surface area contributed by atoms with Crippen LogP contribution in [-0.4, -0.2) is 24.5 Å². The molecule has 1 aliphatic heterocycles. The van der Waals surface area contributed by atoms with Crippen molar-refractivity contribution in [3.63, 3.8) is 0 Å². The summed E-state index contributed by atoms with van der Waals surface area (Å²) in [5.41, 5.74) is 2.00. The second-order valence-electron chi connectivity index (χ2n) is 5.39. The second kappa shape index (κ2) is 4.44. The molecule has 0 aromatic heterocycles. The van der Waals surface area contributed by atoms with Crippen molar-refractivity contribution in [3.8, 4) is 0 Å². The summed E-state index contributed by atoms with van der Waals surface area (Å²) < 4.78 is 5.35. The van der Waals surface area contributed by atoms with Crippen LogP contribution in [0.1, 0.15) is 36.7 Å².